The van der Waals surface area contributed by atoms with E-state index < -0.39 is 0 Å². The largest absolute Gasteiger partial charge is 0.377 e. The van der Waals surface area contributed by atoms with Gasteiger partial charge >= 0.3 is 0 Å². The lowest BCUT2D eigenvalue weighted by Crippen LogP contribution is -2.20. The Balaban J connectivity index is 0.00000196. The summed E-state index contributed by atoms with van der Waals surface area (Å²) in [6, 6.07) is 2.11. The maximum atomic E-state index is 5.41. The molecule has 0 radical (unpaired) electrons. The van der Waals surface area contributed by atoms with Crippen molar-refractivity contribution in [2.45, 2.75) is 33.4 Å². The van der Waals surface area contributed by atoms with Crippen LogP contribution in [0.4, 0.5) is 0 Å². The van der Waals surface area contributed by atoms with Crippen LogP contribution in [0.2, 0.25) is 0 Å². The quantitative estimate of drug-likeness (QED) is 0.788. The van der Waals surface area contributed by atoms with E-state index in [0.717, 1.165) is 25.4 Å². The molecule has 0 saturated carbocycles. The second kappa shape index (κ2) is 8.05. The van der Waals surface area contributed by atoms with Crippen molar-refractivity contribution in [2.75, 3.05) is 13.2 Å². The Morgan fingerprint density at radius 2 is 2.27 bits per heavy atom. The third kappa shape index (κ3) is 6.84. The molecule has 5 heteroatoms. The molecule has 0 spiro atoms. The third-order valence-corrected chi connectivity index (χ3v) is 2.58. The number of nitrogens with one attached hydrogen (secondary N) is 1. The normalized spacial score (nSPS) is 10.4. The zero-order chi connectivity index (χ0) is 10.4. The van der Waals surface area contributed by atoms with Gasteiger partial charge in [-0.05, 0) is 38.4 Å². The van der Waals surface area contributed by atoms with Crippen molar-refractivity contribution < 1.29 is 4.74 Å². The molecule has 3 nitrogen and oxygen atoms in total. The first kappa shape index (κ1) is 14.8. The van der Waals surface area contributed by atoms with Crippen LogP contribution in [0.15, 0.2) is 6.07 Å². The highest BCUT2D eigenvalue weighted by molar-refractivity contribution is 7.05. The highest BCUT2D eigenvalue weighted by atomic mass is 35.5. The topological polar surface area (TPSA) is 34.1 Å². The standard InChI is InChI=1S/C10H18N2OS.ClH/c1-8(2)13-5-4-11-7-10-6-9(3)12-14-10;/h6,8,11H,4-5,7H2,1-3H3;1H. The number of ether oxygens (including phenoxy) is 1. The Hall–Kier alpha value is -0.160. The molecular weight excluding hydrogens is 232 g/mol. The fourth-order valence-electron chi connectivity index (χ4n) is 1.08. The van der Waals surface area contributed by atoms with E-state index in [1.807, 2.05) is 20.8 Å². The molecule has 0 atom stereocenters. The minimum absolute atomic E-state index is 0. The van der Waals surface area contributed by atoms with Crippen LogP contribution in [0.1, 0.15) is 24.4 Å². The van der Waals surface area contributed by atoms with E-state index in [-0.39, 0.29) is 12.4 Å². The molecule has 1 N–H and O–H groups in total. The lowest BCUT2D eigenvalue weighted by molar-refractivity contribution is 0.0807. The Kier molecular flexibility index (Phi) is 7.96. The number of aryl methyl sites for hydroxylation is 1. The lowest BCUT2D eigenvalue weighted by atomic mass is 10.4. The average molecular weight is 251 g/mol. The Morgan fingerprint density at radius 3 is 2.80 bits per heavy atom. The third-order valence-electron chi connectivity index (χ3n) is 1.71. The van der Waals surface area contributed by atoms with Gasteiger partial charge in [0.15, 0.2) is 0 Å². The average Bonchev–Trinajstić information content (AvgIpc) is 2.50. The van der Waals surface area contributed by atoms with Gasteiger partial charge in [0.2, 0.25) is 0 Å². The number of hydrogen-bond acceptors (Lipinski definition) is 4. The SMILES string of the molecule is Cc1cc(CNCCOC(C)C)sn1.Cl. The van der Waals surface area contributed by atoms with Crippen molar-refractivity contribution in [3.63, 3.8) is 0 Å². The summed E-state index contributed by atoms with van der Waals surface area (Å²) in [6.07, 6.45) is 0.322. The van der Waals surface area contributed by atoms with Crippen molar-refractivity contribution in [3.8, 4) is 0 Å². The molecule has 15 heavy (non-hydrogen) atoms. The van der Waals surface area contributed by atoms with Crippen LogP contribution in [0.3, 0.4) is 0 Å². The second-order valence-corrected chi connectivity index (χ2v) is 4.42. The zero-order valence-electron chi connectivity index (χ0n) is 9.45. The Morgan fingerprint density at radius 1 is 1.53 bits per heavy atom. The van der Waals surface area contributed by atoms with E-state index in [9.17, 15) is 0 Å². The summed E-state index contributed by atoms with van der Waals surface area (Å²) in [5.41, 5.74) is 1.10. The summed E-state index contributed by atoms with van der Waals surface area (Å²) in [6.45, 7) is 8.68. The van der Waals surface area contributed by atoms with Crippen molar-refractivity contribution >= 4 is 23.9 Å². The van der Waals surface area contributed by atoms with Gasteiger partial charge in [-0.25, -0.2) is 0 Å². The number of aromatic nitrogens is 1. The molecule has 1 heterocycles. The van der Waals surface area contributed by atoms with Crippen LogP contribution in [0.5, 0.6) is 0 Å². The molecule has 1 aromatic heterocycles. The van der Waals surface area contributed by atoms with Crippen molar-refractivity contribution in [2.24, 2.45) is 0 Å². The maximum Gasteiger partial charge on any atom is 0.0594 e. The molecule has 0 aliphatic heterocycles. The van der Waals surface area contributed by atoms with E-state index in [1.54, 1.807) is 11.5 Å². The summed E-state index contributed by atoms with van der Waals surface area (Å²) in [5, 5.41) is 3.32. The highest BCUT2D eigenvalue weighted by Crippen LogP contribution is 2.07. The minimum atomic E-state index is 0. The van der Waals surface area contributed by atoms with Crippen LogP contribution in [0, 0.1) is 6.92 Å². The molecule has 0 fully saturated rings. The van der Waals surface area contributed by atoms with Gasteiger partial charge in [-0.3, -0.25) is 0 Å². The molecule has 0 unspecified atom stereocenters. The second-order valence-electron chi connectivity index (χ2n) is 3.53. The van der Waals surface area contributed by atoms with Gasteiger partial charge in [0.05, 0.1) is 18.4 Å². The highest BCUT2D eigenvalue weighted by Gasteiger charge is 1.97. The first-order valence-corrected chi connectivity index (χ1v) is 5.70. The van der Waals surface area contributed by atoms with Gasteiger partial charge in [-0.2, -0.15) is 4.37 Å². The summed E-state index contributed by atoms with van der Waals surface area (Å²) in [7, 11) is 0. The summed E-state index contributed by atoms with van der Waals surface area (Å²) < 4.78 is 9.62. The van der Waals surface area contributed by atoms with Gasteiger partial charge in [-0.1, -0.05) is 0 Å². The van der Waals surface area contributed by atoms with E-state index in [2.05, 4.69) is 15.8 Å². The van der Waals surface area contributed by atoms with Crippen molar-refractivity contribution in [1.29, 1.82) is 0 Å². The molecular formula is C10H19ClN2OS. The van der Waals surface area contributed by atoms with Crippen LogP contribution in [-0.2, 0) is 11.3 Å². The van der Waals surface area contributed by atoms with Gasteiger partial charge < -0.3 is 10.1 Å². The molecule has 0 amide bonds. The maximum absolute atomic E-state index is 5.41. The van der Waals surface area contributed by atoms with Gasteiger partial charge in [-0.15, -0.1) is 12.4 Å². The number of nitrogens with zero attached hydrogens (tertiary/aromatic N) is 1. The van der Waals surface area contributed by atoms with E-state index in [1.165, 1.54) is 4.88 Å². The number of rotatable bonds is 6. The van der Waals surface area contributed by atoms with E-state index >= 15 is 0 Å². The van der Waals surface area contributed by atoms with Gasteiger partial charge in [0, 0.05) is 18.0 Å². The molecule has 0 bridgehead atoms. The monoisotopic (exact) mass is 250 g/mol. The van der Waals surface area contributed by atoms with E-state index in [0.29, 0.717) is 6.10 Å². The first-order valence-electron chi connectivity index (χ1n) is 4.93. The number of hydrogen-bond donors (Lipinski definition) is 1. The summed E-state index contributed by atoms with van der Waals surface area (Å²) in [5.74, 6) is 0. The first-order chi connectivity index (χ1) is 6.68. The fraction of sp³-hybridized carbons (Fsp3) is 0.700. The predicted octanol–water partition coefficient (Wildman–Crippen LogP) is 2.39. The molecule has 1 aromatic rings. The molecule has 1 rings (SSSR count). The molecule has 0 aliphatic rings. The minimum Gasteiger partial charge on any atom is -0.377 e. The van der Waals surface area contributed by atoms with Crippen LogP contribution < -0.4 is 5.32 Å². The number of halogens is 1. The summed E-state index contributed by atoms with van der Waals surface area (Å²) in [4.78, 5) is 1.28. The molecule has 88 valence electrons. The molecule has 0 saturated heterocycles. The van der Waals surface area contributed by atoms with Crippen molar-refractivity contribution in [3.05, 3.63) is 16.6 Å². The van der Waals surface area contributed by atoms with Crippen molar-refractivity contribution in [1.82, 2.24) is 9.69 Å². The Bertz CT molecular complexity index is 266. The lowest BCUT2D eigenvalue weighted by Gasteiger charge is -2.07. The Labute approximate surface area is 102 Å². The smallest absolute Gasteiger partial charge is 0.0594 e. The zero-order valence-corrected chi connectivity index (χ0v) is 11.1. The fourth-order valence-corrected chi connectivity index (χ4v) is 1.78. The molecule has 0 aliphatic carbocycles. The van der Waals surface area contributed by atoms with Crippen LogP contribution in [0.25, 0.3) is 0 Å². The van der Waals surface area contributed by atoms with E-state index in [4.69, 9.17) is 4.74 Å². The van der Waals surface area contributed by atoms with Crippen LogP contribution in [-0.4, -0.2) is 23.6 Å². The van der Waals surface area contributed by atoms with Gasteiger partial charge in [0.25, 0.3) is 0 Å². The predicted molar refractivity (Wildman–Crippen MR) is 66.9 cm³/mol. The summed E-state index contributed by atoms with van der Waals surface area (Å²) >= 11 is 1.56. The van der Waals surface area contributed by atoms with Gasteiger partial charge in [0.1, 0.15) is 0 Å². The van der Waals surface area contributed by atoms with Crippen LogP contribution >= 0.6 is 23.9 Å². The molecule has 0 aromatic carbocycles.